The highest BCUT2D eigenvalue weighted by molar-refractivity contribution is 4.64. The molecule has 0 bridgehead atoms. The molecule has 0 aromatic heterocycles. The third kappa shape index (κ3) is 5.18. The fourth-order valence-electron chi connectivity index (χ4n) is 1.14. The van der Waals surface area contributed by atoms with E-state index in [0.717, 1.165) is 19.3 Å². The van der Waals surface area contributed by atoms with Crippen LogP contribution in [0.5, 0.6) is 0 Å². The van der Waals surface area contributed by atoms with Gasteiger partial charge in [0.25, 0.3) is 0 Å². The molecule has 1 unspecified atom stereocenters. The summed E-state index contributed by atoms with van der Waals surface area (Å²) in [5.74, 6) is 0. The number of aliphatic hydroxyl groups excluding tert-OH is 2. The highest BCUT2D eigenvalue weighted by atomic mass is 16.3. The Balaban J connectivity index is 3.51. The molecule has 0 aliphatic heterocycles. The Morgan fingerprint density at radius 2 is 1.73 bits per heavy atom. The molecule has 0 spiro atoms. The Morgan fingerprint density at radius 3 is 2.09 bits per heavy atom. The van der Waals surface area contributed by atoms with Crippen LogP contribution < -0.4 is 0 Å². The van der Waals surface area contributed by atoms with Gasteiger partial charge in [-0.25, -0.2) is 0 Å². The Bertz CT molecular complexity index is 86.2. The third-order valence-electron chi connectivity index (χ3n) is 1.89. The van der Waals surface area contributed by atoms with Crippen molar-refractivity contribution in [2.75, 3.05) is 27.3 Å². The number of hydrogen-bond donors (Lipinski definition) is 2. The van der Waals surface area contributed by atoms with Crippen LogP contribution in [0, 0.1) is 0 Å². The van der Waals surface area contributed by atoms with Crippen molar-refractivity contribution in [3.05, 3.63) is 0 Å². The molecule has 0 amide bonds. The maximum Gasteiger partial charge on any atom is 0.0445 e. The highest BCUT2D eigenvalue weighted by Crippen LogP contribution is 2.06. The minimum Gasteiger partial charge on any atom is -0.396 e. The summed E-state index contributed by atoms with van der Waals surface area (Å²) in [5, 5.41) is 17.3. The van der Waals surface area contributed by atoms with Gasteiger partial charge in [-0.2, -0.15) is 0 Å². The van der Waals surface area contributed by atoms with Crippen LogP contribution in [0.15, 0.2) is 0 Å². The molecular formula is C8H19NO2. The molecule has 2 N–H and O–H groups in total. The van der Waals surface area contributed by atoms with Crippen molar-refractivity contribution in [1.82, 2.24) is 4.90 Å². The number of nitrogens with zero attached hydrogens (tertiary/aromatic N) is 1. The fraction of sp³-hybridized carbons (Fsp3) is 1.00. The molecular weight excluding hydrogens is 142 g/mol. The zero-order valence-corrected chi connectivity index (χ0v) is 7.45. The normalized spacial score (nSPS) is 13.9. The molecule has 3 nitrogen and oxygen atoms in total. The summed E-state index contributed by atoms with van der Waals surface area (Å²) >= 11 is 0. The molecule has 1 atom stereocenters. The molecule has 3 heteroatoms. The topological polar surface area (TPSA) is 43.7 Å². The zero-order chi connectivity index (χ0) is 8.69. The third-order valence-corrected chi connectivity index (χ3v) is 1.89. The maximum atomic E-state index is 8.70. The molecule has 0 fully saturated rings. The van der Waals surface area contributed by atoms with Gasteiger partial charge in [-0.15, -0.1) is 0 Å². The first-order chi connectivity index (χ1) is 5.22. The van der Waals surface area contributed by atoms with E-state index in [1.54, 1.807) is 0 Å². The average molecular weight is 161 g/mol. The van der Waals surface area contributed by atoms with Crippen molar-refractivity contribution in [3.8, 4) is 0 Å². The average Bonchev–Trinajstić information content (AvgIpc) is 1.97. The van der Waals surface area contributed by atoms with Crippen LogP contribution >= 0.6 is 0 Å². The van der Waals surface area contributed by atoms with E-state index in [1.165, 1.54) is 0 Å². The van der Waals surface area contributed by atoms with Gasteiger partial charge in [-0.1, -0.05) is 0 Å². The Labute approximate surface area is 68.6 Å². The molecule has 0 aromatic carbocycles. The molecule has 0 aliphatic rings. The Kier molecular flexibility index (Phi) is 6.51. The first kappa shape index (κ1) is 10.9. The lowest BCUT2D eigenvalue weighted by Crippen LogP contribution is -2.29. The lowest BCUT2D eigenvalue weighted by Gasteiger charge is -2.22. The molecule has 0 aliphatic carbocycles. The molecule has 0 aromatic rings. The van der Waals surface area contributed by atoms with Crippen molar-refractivity contribution >= 4 is 0 Å². The van der Waals surface area contributed by atoms with E-state index in [2.05, 4.69) is 4.90 Å². The summed E-state index contributed by atoms with van der Waals surface area (Å²) in [6.07, 6.45) is 2.58. The maximum absolute atomic E-state index is 8.70. The largest absolute Gasteiger partial charge is 0.396 e. The predicted octanol–water partition coefficient (Wildman–Crippen LogP) is 0.0715. The van der Waals surface area contributed by atoms with Crippen LogP contribution in [0.1, 0.15) is 19.3 Å². The molecule has 0 radical (unpaired) electrons. The van der Waals surface area contributed by atoms with Crippen LogP contribution in [0.3, 0.4) is 0 Å². The Hall–Kier alpha value is -0.120. The second kappa shape index (κ2) is 6.58. The van der Waals surface area contributed by atoms with E-state index in [1.807, 2.05) is 14.1 Å². The summed E-state index contributed by atoms with van der Waals surface area (Å²) in [6.45, 7) is 0.476. The summed E-state index contributed by atoms with van der Waals surface area (Å²) < 4.78 is 0. The van der Waals surface area contributed by atoms with Gasteiger partial charge in [0.1, 0.15) is 0 Å². The molecule has 11 heavy (non-hydrogen) atoms. The summed E-state index contributed by atoms with van der Waals surface area (Å²) in [5.41, 5.74) is 0. The lowest BCUT2D eigenvalue weighted by molar-refractivity contribution is 0.187. The number of hydrogen-bond acceptors (Lipinski definition) is 3. The van der Waals surface area contributed by atoms with E-state index in [4.69, 9.17) is 10.2 Å². The first-order valence-corrected chi connectivity index (χ1v) is 4.10. The summed E-state index contributed by atoms with van der Waals surface area (Å²) in [7, 11) is 4.00. The van der Waals surface area contributed by atoms with Crippen LogP contribution in [0.4, 0.5) is 0 Å². The van der Waals surface area contributed by atoms with Crippen LogP contribution in [-0.4, -0.2) is 48.5 Å². The molecule has 0 saturated heterocycles. The van der Waals surface area contributed by atoms with Crippen molar-refractivity contribution < 1.29 is 10.2 Å². The fourth-order valence-corrected chi connectivity index (χ4v) is 1.14. The minimum absolute atomic E-state index is 0.230. The van der Waals surface area contributed by atoms with Gasteiger partial charge in [0.15, 0.2) is 0 Å². The van der Waals surface area contributed by atoms with Crippen molar-refractivity contribution in [3.63, 3.8) is 0 Å². The number of rotatable bonds is 6. The zero-order valence-electron chi connectivity index (χ0n) is 7.45. The van der Waals surface area contributed by atoms with Crippen LogP contribution in [0.25, 0.3) is 0 Å². The second-order valence-corrected chi connectivity index (χ2v) is 3.00. The molecule has 68 valence electrons. The van der Waals surface area contributed by atoms with Gasteiger partial charge in [-0.3, -0.25) is 0 Å². The standard InChI is InChI=1S/C8H19NO2/c1-9(2)8(5-7-11)4-3-6-10/h8,10-11H,3-7H2,1-2H3. The second-order valence-electron chi connectivity index (χ2n) is 3.00. The first-order valence-electron chi connectivity index (χ1n) is 4.10. The minimum atomic E-state index is 0.230. The van der Waals surface area contributed by atoms with Gasteiger partial charge in [0.2, 0.25) is 0 Å². The summed E-state index contributed by atoms with van der Waals surface area (Å²) in [6, 6.07) is 0.409. The van der Waals surface area contributed by atoms with Gasteiger partial charge < -0.3 is 15.1 Å². The van der Waals surface area contributed by atoms with Crippen molar-refractivity contribution in [2.24, 2.45) is 0 Å². The Morgan fingerprint density at radius 1 is 1.09 bits per heavy atom. The van der Waals surface area contributed by atoms with E-state index in [0.29, 0.717) is 6.04 Å². The van der Waals surface area contributed by atoms with Gasteiger partial charge in [0.05, 0.1) is 0 Å². The van der Waals surface area contributed by atoms with Gasteiger partial charge in [0, 0.05) is 19.3 Å². The molecule has 0 saturated carbocycles. The van der Waals surface area contributed by atoms with E-state index < -0.39 is 0 Å². The monoisotopic (exact) mass is 161 g/mol. The van der Waals surface area contributed by atoms with Crippen LogP contribution in [0.2, 0.25) is 0 Å². The van der Waals surface area contributed by atoms with E-state index in [-0.39, 0.29) is 13.2 Å². The van der Waals surface area contributed by atoms with Crippen molar-refractivity contribution in [1.29, 1.82) is 0 Å². The summed E-state index contributed by atoms with van der Waals surface area (Å²) in [4.78, 5) is 2.09. The smallest absolute Gasteiger partial charge is 0.0445 e. The SMILES string of the molecule is CN(C)C(CCO)CCCO. The highest BCUT2D eigenvalue weighted by Gasteiger charge is 2.08. The van der Waals surface area contributed by atoms with Gasteiger partial charge in [-0.05, 0) is 33.4 Å². The molecule has 0 heterocycles. The van der Waals surface area contributed by atoms with Crippen molar-refractivity contribution in [2.45, 2.75) is 25.3 Å². The predicted molar refractivity (Wildman–Crippen MR) is 45.5 cm³/mol. The molecule has 0 rings (SSSR count). The van der Waals surface area contributed by atoms with Gasteiger partial charge >= 0.3 is 0 Å². The van der Waals surface area contributed by atoms with E-state index >= 15 is 0 Å². The lowest BCUT2D eigenvalue weighted by atomic mass is 10.1. The number of aliphatic hydroxyl groups is 2. The van der Waals surface area contributed by atoms with E-state index in [9.17, 15) is 0 Å². The van der Waals surface area contributed by atoms with Crippen LogP contribution in [-0.2, 0) is 0 Å². The quantitative estimate of drug-likeness (QED) is 0.579.